The molecule has 5 heteroatoms. The average molecular weight is 248 g/mol. The van der Waals surface area contributed by atoms with E-state index < -0.39 is 0 Å². The zero-order valence-electron chi connectivity index (χ0n) is 10.3. The van der Waals surface area contributed by atoms with Crippen LogP contribution in [-0.4, -0.2) is 25.5 Å². The van der Waals surface area contributed by atoms with Crippen molar-refractivity contribution in [1.29, 1.82) is 0 Å². The van der Waals surface area contributed by atoms with E-state index in [0.29, 0.717) is 19.5 Å². The van der Waals surface area contributed by atoms with Gasteiger partial charge in [-0.2, -0.15) is 0 Å². The number of hydrogen-bond acceptors (Lipinski definition) is 4. The lowest BCUT2D eigenvalue weighted by Gasteiger charge is -2.16. The van der Waals surface area contributed by atoms with Gasteiger partial charge in [0.2, 0.25) is 5.91 Å². The third kappa shape index (κ3) is 2.36. The molecule has 0 saturated carbocycles. The monoisotopic (exact) mass is 248 g/mol. The molecule has 0 spiro atoms. The molecule has 0 radical (unpaired) electrons. The molecule has 0 bridgehead atoms. The summed E-state index contributed by atoms with van der Waals surface area (Å²) in [6.07, 6.45) is 0.588. The highest BCUT2D eigenvalue weighted by atomic mass is 16.5. The fourth-order valence-electron chi connectivity index (χ4n) is 2.11. The van der Waals surface area contributed by atoms with Crippen LogP contribution in [0.5, 0.6) is 0 Å². The van der Waals surface area contributed by atoms with E-state index in [2.05, 4.69) is 4.74 Å². The number of nitrogens with two attached hydrogens (primary N) is 1. The lowest BCUT2D eigenvalue weighted by molar-refractivity contribution is -0.140. The zero-order chi connectivity index (χ0) is 13.1. The average Bonchev–Trinajstić information content (AvgIpc) is 2.70. The summed E-state index contributed by atoms with van der Waals surface area (Å²) in [7, 11) is 1.34. The molecule has 1 aliphatic rings. The summed E-state index contributed by atoms with van der Waals surface area (Å²) in [5.41, 5.74) is 8.44. The van der Waals surface area contributed by atoms with E-state index in [4.69, 9.17) is 5.73 Å². The molecule has 1 aliphatic heterocycles. The van der Waals surface area contributed by atoms with Crippen molar-refractivity contribution in [3.63, 3.8) is 0 Å². The van der Waals surface area contributed by atoms with E-state index in [1.165, 1.54) is 7.11 Å². The summed E-state index contributed by atoms with van der Waals surface area (Å²) in [4.78, 5) is 24.6. The van der Waals surface area contributed by atoms with Crippen LogP contribution in [0.25, 0.3) is 0 Å². The van der Waals surface area contributed by atoms with E-state index in [1.54, 1.807) is 4.90 Å². The van der Waals surface area contributed by atoms with Gasteiger partial charge < -0.3 is 15.4 Å². The molecule has 0 unspecified atom stereocenters. The number of ether oxygens (including phenoxy) is 1. The fraction of sp³-hybridized carbons (Fsp3) is 0.385. The van der Waals surface area contributed by atoms with E-state index in [0.717, 1.165) is 16.8 Å². The number of benzene rings is 1. The maximum atomic E-state index is 11.9. The predicted molar refractivity (Wildman–Crippen MR) is 67.0 cm³/mol. The second-order valence-electron chi connectivity index (χ2n) is 4.22. The number of rotatable bonds is 4. The van der Waals surface area contributed by atoms with Crippen LogP contribution in [-0.2, 0) is 27.3 Å². The third-order valence-electron chi connectivity index (χ3n) is 3.08. The summed E-state index contributed by atoms with van der Waals surface area (Å²) in [6.45, 7) is 0.824. The quantitative estimate of drug-likeness (QED) is 0.792. The van der Waals surface area contributed by atoms with Crippen molar-refractivity contribution >= 4 is 17.6 Å². The molecule has 18 heavy (non-hydrogen) atoms. The molecule has 0 saturated heterocycles. The first-order chi connectivity index (χ1) is 8.65. The Labute approximate surface area is 106 Å². The minimum atomic E-state index is -0.310. The van der Waals surface area contributed by atoms with Gasteiger partial charge in [0.25, 0.3) is 0 Å². The smallest absolute Gasteiger partial charge is 0.307 e. The number of carbonyl (C=O) groups is 2. The number of esters is 1. The Morgan fingerprint density at radius 1 is 1.50 bits per heavy atom. The number of methoxy groups -OCH3 is 1. The largest absolute Gasteiger partial charge is 0.469 e. The summed E-state index contributed by atoms with van der Waals surface area (Å²) in [6, 6.07) is 5.74. The molecule has 5 nitrogen and oxygen atoms in total. The predicted octanol–water partition coefficient (Wildman–Crippen LogP) is 0.597. The highest BCUT2D eigenvalue weighted by molar-refractivity contribution is 6.01. The number of anilines is 1. The van der Waals surface area contributed by atoms with Gasteiger partial charge in [-0.05, 0) is 17.2 Å². The van der Waals surface area contributed by atoms with Crippen LogP contribution >= 0.6 is 0 Å². The molecule has 0 fully saturated rings. The van der Waals surface area contributed by atoms with Crippen molar-refractivity contribution in [3.05, 3.63) is 29.3 Å². The maximum absolute atomic E-state index is 11.9. The summed E-state index contributed by atoms with van der Waals surface area (Å²) >= 11 is 0. The number of nitrogens with zero attached hydrogens (tertiary/aromatic N) is 1. The molecule has 0 aliphatic carbocycles. The van der Waals surface area contributed by atoms with Crippen LogP contribution in [0.3, 0.4) is 0 Å². The van der Waals surface area contributed by atoms with E-state index in [-0.39, 0.29) is 18.3 Å². The second kappa shape index (κ2) is 5.18. The molecule has 1 amide bonds. The van der Waals surface area contributed by atoms with E-state index in [1.807, 2.05) is 18.2 Å². The first-order valence-electron chi connectivity index (χ1n) is 5.84. The van der Waals surface area contributed by atoms with Crippen molar-refractivity contribution < 1.29 is 14.3 Å². The van der Waals surface area contributed by atoms with Crippen molar-refractivity contribution in [2.24, 2.45) is 5.73 Å². The van der Waals surface area contributed by atoms with Crippen molar-refractivity contribution in [3.8, 4) is 0 Å². The summed E-state index contributed by atoms with van der Waals surface area (Å²) in [5, 5.41) is 0. The van der Waals surface area contributed by atoms with Gasteiger partial charge in [0.05, 0.1) is 20.0 Å². The Morgan fingerprint density at radius 2 is 2.28 bits per heavy atom. The standard InChI is InChI=1S/C13H16N2O3/c1-18-13(17)4-5-15-11-3-2-9(8-14)6-10(11)7-12(15)16/h2-3,6H,4-5,7-8,14H2,1H3. The zero-order valence-corrected chi connectivity index (χ0v) is 10.3. The van der Waals surface area contributed by atoms with Crippen LogP contribution < -0.4 is 10.6 Å². The second-order valence-corrected chi connectivity index (χ2v) is 4.22. The number of carbonyl (C=O) groups excluding carboxylic acids is 2. The Balaban J connectivity index is 2.15. The molecule has 2 N–H and O–H groups in total. The van der Waals surface area contributed by atoms with Crippen LogP contribution in [0.15, 0.2) is 18.2 Å². The van der Waals surface area contributed by atoms with Gasteiger partial charge in [-0.3, -0.25) is 9.59 Å². The third-order valence-corrected chi connectivity index (χ3v) is 3.08. The van der Waals surface area contributed by atoms with Crippen molar-refractivity contribution in [2.75, 3.05) is 18.6 Å². The van der Waals surface area contributed by atoms with E-state index >= 15 is 0 Å². The van der Waals surface area contributed by atoms with Gasteiger partial charge in [-0.1, -0.05) is 12.1 Å². The highest BCUT2D eigenvalue weighted by Crippen LogP contribution is 2.29. The lowest BCUT2D eigenvalue weighted by Crippen LogP contribution is -2.29. The normalized spacial score (nSPS) is 13.7. The maximum Gasteiger partial charge on any atom is 0.307 e. The molecule has 0 aromatic heterocycles. The molecule has 0 atom stereocenters. The number of hydrogen-bond donors (Lipinski definition) is 1. The molecular weight excluding hydrogens is 232 g/mol. The van der Waals surface area contributed by atoms with Gasteiger partial charge in [0.15, 0.2) is 0 Å². The first kappa shape index (κ1) is 12.6. The highest BCUT2D eigenvalue weighted by Gasteiger charge is 2.27. The number of amides is 1. The minimum Gasteiger partial charge on any atom is -0.469 e. The van der Waals surface area contributed by atoms with Crippen LogP contribution in [0, 0.1) is 0 Å². The Bertz CT molecular complexity index is 485. The molecule has 2 rings (SSSR count). The fourth-order valence-corrected chi connectivity index (χ4v) is 2.11. The van der Waals surface area contributed by atoms with Gasteiger partial charge in [0.1, 0.15) is 0 Å². The molecule has 1 aromatic carbocycles. The number of fused-ring (bicyclic) bond motifs is 1. The van der Waals surface area contributed by atoms with Crippen LogP contribution in [0.2, 0.25) is 0 Å². The molecule has 1 heterocycles. The first-order valence-corrected chi connectivity index (χ1v) is 5.84. The SMILES string of the molecule is COC(=O)CCN1C(=O)Cc2cc(CN)ccc21. The van der Waals surface area contributed by atoms with Crippen molar-refractivity contribution in [1.82, 2.24) is 0 Å². The Hall–Kier alpha value is -1.88. The van der Waals surface area contributed by atoms with E-state index in [9.17, 15) is 9.59 Å². The van der Waals surface area contributed by atoms with Crippen LogP contribution in [0.1, 0.15) is 17.5 Å². The summed E-state index contributed by atoms with van der Waals surface area (Å²) in [5.74, 6) is -0.294. The van der Waals surface area contributed by atoms with Crippen molar-refractivity contribution in [2.45, 2.75) is 19.4 Å². The topological polar surface area (TPSA) is 72.6 Å². The lowest BCUT2D eigenvalue weighted by atomic mass is 10.1. The van der Waals surface area contributed by atoms with Gasteiger partial charge in [-0.15, -0.1) is 0 Å². The molecule has 96 valence electrons. The molecular formula is C13H16N2O3. The van der Waals surface area contributed by atoms with Crippen LogP contribution in [0.4, 0.5) is 5.69 Å². The van der Waals surface area contributed by atoms with Gasteiger partial charge in [0, 0.05) is 18.8 Å². The Kier molecular flexibility index (Phi) is 3.62. The van der Waals surface area contributed by atoms with Gasteiger partial charge in [-0.25, -0.2) is 0 Å². The van der Waals surface area contributed by atoms with Gasteiger partial charge >= 0.3 is 5.97 Å². The minimum absolute atomic E-state index is 0.0167. The Morgan fingerprint density at radius 3 is 2.94 bits per heavy atom. The molecule has 1 aromatic rings. The summed E-state index contributed by atoms with van der Waals surface area (Å²) < 4.78 is 4.58.